The van der Waals surface area contributed by atoms with Crippen molar-refractivity contribution in [1.29, 1.82) is 0 Å². The normalized spacial score (nSPS) is 10.6. The predicted octanol–water partition coefficient (Wildman–Crippen LogP) is 3.75. The molecular weight excluding hydrogens is 372 g/mol. The SMILES string of the molecule is [C-]#[N+]c1nc(N=C=Nc2cc(S(=O)(=O)O)cc3ccc(O)cc23)[nH]c1[N+]#[C-]. The second kappa shape index (κ2) is 6.71. The number of aromatic hydroxyl groups is 1. The third-order valence-corrected chi connectivity index (χ3v) is 4.22. The molecule has 10 nitrogen and oxygen atoms in total. The van der Waals surface area contributed by atoms with Crippen molar-refractivity contribution in [3.8, 4) is 5.75 Å². The number of phenols is 1. The van der Waals surface area contributed by atoms with Crippen molar-refractivity contribution in [3.05, 3.63) is 53.2 Å². The maximum Gasteiger partial charge on any atom is 0.405 e. The van der Waals surface area contributed by atoms with Gasteiger partial charge in [-0.1, -0.05) is 24.2 Å². The predicted molar refractivity (Wildman–Crippen MR) is 95.7 cm³/mol. The largest absolute Gasteiger partial charge is 0.508 e. The molecule has 0 aliphatic carbocycles. The number of imidazole rings is 1. The molecule has 0 bridgehead atoms. The maximum atomic E-state index is 11.4. The fourth-order valence-electron chi connectivity index (χ4n) is 2.22. The topological polar surface area (TPSA) is 137 Å². The highest BCUT2D eigenvalue weighted by molar-refractivity contribution is 7.85. The lowest BCUT2D eigenvalue weighted by molar-refractivity contribution is 0.476. The standard InChI is InChI=1S/C16H8N6O4S/c1-17-14-15(18-2)22-16(21-14)20-8-19-13-7-11(27(24,25)26)5-9-3-4-10(23)6-12(9)13/h3-7,23H,(H,21,22)(H,24,25,26). The van der Waals surface area contributed by atoms with Gasteiger partial charge >= 0.3 is 5.95 Å². The molecule has 0 amide bonds. The van der Waals surface area contributed by atoms with Crippen LogP contribution >= 0.6 is 0 Å². The Morgan fingerprint density at radius 1 is 1.15 bits per heavy atom. The minimum Gasteiger partial charge on any atom is -0.508 e. The summed E-state index contributed by atoms with van der Waals surface area (Å²) in [6.45, 7) is 13.8. The molecule has 11 heteroatoms. The molecule has 0 spiro atoms. The summed E-state index contributed by atoms with van der Waals surface area (Å²) in [5.41, 5.74) is 0.0714. The summed E-state index contributed by atoms with van der Waals surface area (Å²) in [6.07, 6.45) is 0. The van der Waals surface area contributed by atoms with Crippen LogP contribution in [0.3, 0.4) is 0 Å². The van der Waals surface area contributed by atoms with Gasteiger partial charge in [0.1, 0.15) is 11.8 Å². The van der Waals surface area contributed by atoms with Gasteiger partial charge in [-0.25, -0.2) is 0 Å². The summed E-state index contributed by atoms with van der Waals surface area (Å²) in [7, 11) is -4.48. The Morgan fingerprint density at radius 2 is 1.93 bits per heavy atom. The summed E-state index contributed by atoms with van der Waals surface area (Å²) >= 11 is 0. The first kappa shape index (κ1) is 17.8. The minimum absolute atomic E-state index is 0.0649. The van der Waals surface area contributed by atoms with Crippen molar-refractivity contribution in [2.75, 3.05) is 0 Å². The molecule has 3 rings (SSSR count). The Balaban J connectivity index is 2.14. The van der Waals surface area contributed by atoms with Gasteiger partial charge in [0.25, 0.3) is 21.8 Å². The van der Waals surface area contributed by atoms with Gasteiger partial charge in [-0.15, -0.1) is 4.99 Å². The van der Waals surface area contributed by atoms with E-state index in [9.17, 15) is 18.1 Å². The molecule has 0 radical (unpaired) electrons. The van der Waals surface area contributed by atoms with Crippen molar-refractivity contribution < 1.29 is 18.1 Å². The van der Waals surface area contributed by atoms with E-state index in [1.165, 1.54) is 24.3 Å². The van der Waals surface area contributed by atoms with Crippen LogP contribution in [0.5, 0.6) is 5.75 Å². The number of phenolic OH excluding ortho intramolecular Hbond substituents is 1. The van der Waals surface area contributed by atoms with Crippen LogP contribution in [0.4, 0.5) is 23.3 Å². The number of hydrogen-bond acceptors (Lipinski definition) is 6. The molecule has 0 saturated carbocycles. The van der Waals surface area contributed by atoms with E-state index in [4.69, 9.17) is 13.1 Å². The van der Waals surface area contributed by atoms with Crippen LogP contribution in [0, 0.1) is 13.1 Å². The Hall–Kier alpha value is -4.02. The molecule has 1 aromatic heterocycles. The highest BCUT2D eigenvalue weighted by atomic mass is 32.2. The lowest BCUT2D eigenvalue weighted by atomic mass is 10.1. The van der Waals surface area contributed by atoms with Gasteiger partial charge in [-0.3, -0.25) is 9.54 Å². The first-order valence-corrected chi connectivity index (χ1v) is 8.51. The zero-order valence-corrected chi connectivity index (χ0v) is 14.1. The molecule has 3 N–H and O–H groups in total. The molecule has 0 aliphatic heterocycles. The average Bonchev–Trinajstić information content (AvgIpc) is 3.03. The Labute approximate surface area is 152 Å². The number of rotatable bonds is 3. The minimum atomic E-state index is -4.48. The van der Waals surface area contributed by atoms with Gasteiger partial charge in [-0.2, -0.15) is 13.4 Å². The fourth-order valence-corrected chi connectivity index (χ4v) is 2.76. The maximum absolute atomic E-state index is 11.4. The summed E-state index contributed by atoms with van der Waals surface area (Å²) < 4.78 is 32.2. The fraction of sp³-hybridized carbons (Fsp3) is 0. The number of fused-ring (bicyclic) bond motifs is 1. The second-order valence-corrected chi connectivity index (χ2v) is 6.52. The summed E-state index contributed by atoms with van der Waals surface area (Å²) in [4.78, 5) is 19.7. The smallest absolute Gasteiger partial charge is 0.405 e. The van der Waals surface area contributed by atoms with E-state index in [-0.39, 0.29) is 33.9 Å². The van der Waals surface area contributed by atoms with Crippen LogP contribution in [0.1, 0.15) is 0 Å². The van der Waals surface area contributed by atoms with Gasteiger partial charge in [0, 0.05) is 5.39 Å². The summed E-state index contributed by atoms with van der Waals surface area (Å²) in [6, 6.07) is 8.81. The van der Waals surface area contributed by atoms with Crippen LogP contribution < -0.4 is 0 Å². The number of H-pyrrole nitrogens is 1. The van der Waals surface area contributed by atoms with E-state index in [1.807, 2.05) is 0 Å². The molecular formula is C16H8N6O4S. The summed E-state index contributed by atoms with van der Waals surface area (Å²) in [5, 5.41) is 10.5. The van der Waals surface area contributed by atoms with E-state index >= 15 is 0 Å². The number of nitrogens with one attached hydrogen (secondary N) is 1. The van der Waals surface area contributed by atoms with E-state index in [1.54, 1.807) is 0 Å². The monoisotopic (exact) mass is 380 g/mol. The highest BCUT2D eigenvalue weighted by Crippen LogP contribution is 2.32. The van der Waals surface area contributed by atoms with Crippen LogP contribution in [-0.4, -0.2) is 34.1 Å². The zero-order valence-electron chi connectivity index (χ0n) is 13.2. The van der Waals surface area contributed by atoms with Crippen LogP contribution in [-0.2, 0) is 10.1 Å². The van der Waals surface area contributed by atoms with Gasteiger partial charge < -0.3 is 14.8 Å². The van der Waals surface area contributed by atoms with Gasteiger partial charge in [-0.05, 0) is 29.7 Å². The molecule has 2 aromatic carbocycles. The lowest BCUT2D eigenvalue weighted by Gasteiger charge is -2.05. The Kier molecular flexibility index (Phi) is 4.42. The molecule has 0 fully saturated rings. The molecule has 0 aliphatic rings. The molecule has 3 aromatic rings. The van der Waals surface area contributed by atoms with Gasteiger partial charge in [0.15, 0.2) is 0 Å². The molecule has 27 heavy (non-hydrogen) atoms. The van der Waals surface area contributed by atoms with Crippen LogP contribution in [0.2, 0.25) is 0 Å². The number of aliphatic imine (C=N–C) groups is 2. The van der Waals surface area contributed by atoms with E-state index in [0.29, 0.717) is 10.8 Å². The third-order valence-electron chi connectivity index (χ3n) is 3.39. The highest BCUT2D eigenvalue weighted by Gasteiger charge is 2.14. The number of aromatic amines is 1. The molecule has 0 saturated heterocycles. The number of hydrogen-bond donors (Lipinski definition) is 3. The lowest BCUT2D eigenvalue weighted by Crippen LogP contribution is -1.97. The Morgan fingerprint density at radius 3 is 2.56 bits per heavy atom. The number of aromatic nitrogens is 2. The van der Waals surface area contributed by atoms with Crippen molar-refractivity contribution in [3.63, 3.8) is 0 Å². The average molecular weight is 380 g/mol. The van der Waals surface area contributed by atoms with Crippen molar-refractivity contribution in [2.45, 2.75) is 4.90 Å². The van der Waals surface area contributed by atoms with E-state index < -0.39 is 10.1 Å². The molecule has 0 atom stereocenters. The van der Waals surface area contributed by atoms with Crippen molar-refractivity contribution in [2.24, 2.45) is 9.98 Å². The quantitative estimate of drug-likeness (QED) is 0.361. The zero-order chi connectivity index (χ0) is 19.6. The summed E-state index contributed by atoms with van der Waals surface area (Å²) in [5.74, 6) is -0.359. The number of nitrogens with zero attached hydrogens (tertiary/aromatic N) is 5. The van der Waals surface area contributed by atoms with E-state index in [0.717, 1.165) is 6.07 Å². The van der Waals surface area contributed by atoms with Crippen molar-refractivity contribution >= 4 is 50.2 Å². The second-order valence-electron chi connectivity index (χ2n) is 5.10. The first-order chi connectivity index (χ1) is 12.8. The Bertz CT molecular complexity index is 1290. The molecule has 0 unspecified atom stereocenters. The van der Waals surface area contributed by atoms with Gasteiger partial charge in [0.2, 0.25) is 0 Å². The first-order valence-electron chi connectivity index (χ1n) is 7.07. The molecule has 1 heterocycles. The van der Waals surface area contributed by atoms with Crippen LogP contribution in [0.15, 0.2) is 45.2 Å². The molecule has 132 valence electrons. The third kappa shape index (κ3) is 3.66. The number of benzene rings is 2. The van der Waals surface area contributed by atoms with Gasteiger partial charge in [0.05, 0.1) is 10.6 Å². The van der Waals surface area contributed by atoms with E-state index in [2.05, 4.69) is 35.7 Å². The van der Waals surface area contributed by atoms with Crippen LogP contribution in [0.25, 0.3) is 20.5 Å². The van der Waals surface area contributed by atoms with Crippen molar-refractivity contribution in [1.82, 2.24) is 9.97 Å².